The van der Waals surface area contributed by atoms with Crippen LogP contribution in [0.25, 0.3) is 17.2 Å². The van der Waals surface area contributed by atoms with Crippen molar-refractivity contribution < 1.29 is 9.59 Å². The minimum Gasteiger partial charge on any atom is -0.298 e. The van der Waals surface area contributed by atoms with Crippen molar-refractivity contribution in [2.24, 2.45) is 0 Å². The number of pyridine rings is 1. The van der Waals surface area contributed by atoms with E-state index in [-0.39, 0.29) is 17.2 Å². The van der Waals surface area contributed by atoms with Gasteiger partial charge in [0.05, 0.1) is 0 Å². The Labute approximate surface area is 150 Å². The van der Waals surface area contributed by atoms with E-state index >= 15 is 0 Å². The molecule has 0 bridgehead atoms. The zero-order valence-corrected chi connectivity index (χ0v) is 14.1. The molecule has 0 saturated carbocycles. The monoisotopic (exact) mass is 349 g/mol. The maximum atomic E-state index is 12.6. The van der Waals surface area contributed by atoms with E-state index in [4.69, 9.17) is 12.2 Å². The molecule has 0 atom stereocenters. The van der Waals surface area contributed by atoms with Gasteiger partial charge in [0, 0.05) is 18.9 Å². The van der Waals surface area contributed by atoms with E-state index in [0.29, 0.717) is 0 Å². The van der Waals surface area contributed by atoms with E-state index in [1.165, 1.54) is 4.90 Å². The third kappa shape index (κ3) is 3.39. The first-order valence-corrected chi connectivity index (χ1v) is 8.02. The molecule has 2 aromatic rings. The number of carbonyl (C=O) groups excluding carboxylic acids is 2. The molecule has 0 radical (unpaired) electrons. The van der Waals surface area contributed by atoms with E-state index < -0.39 is 11.8 Å². The minimum absolute atomic E-state index is 0.0388. The van der Waals surface area contributed by atoms with Gasteiger partial charge in [-0.1, -0.05) is 30.3 Å². The minimum atomic E-state index is -0.500. The van der Waals surface area contributed by atoms with Crippen LogP contribution in [-0.4, -0.2) is 33.4 Å². The van der Waals surface area contributed by atoms with Gasteiger partial charge in [0.25, 0.3) is 11.8 Å². The molecule has 25 heavy (non-hydrogen) atoms. The second-order valence-corrected chi connectivity index (χ2v) is 5.73. The van der Waals surface area contributed by atoms with Crippen molar-refractivity contribution in [3.05, 3.63) is 72.6 Å². The molecular formula is C19H15N3O2S. The molecule has 5 nitrogen and oxygen atoms in total. The molecule has 1 fully saturated rings. The van der Waals surface area contributed by atoms with Crippen molar-refractivity contribution in [2.45, 2.75) is 0 Å². The lowest BCUT2D eigenvalue weighted by atomic mass is 9.98. The molecule has 1 saturated heterocycles. The summed E-state index contributed by atoms with van der Waals surface area (Å²) in [5.74, 6) is -0.932. The van der Waals surface area contributed by atoms with Gasteiger partial charge in [-0.25, -0.2) is 0 Å². The average molecular weight is 349 g/mol. The van der Waals surface area contributed by atoms with Gasteiger partial charge in [-0.15, -0.1) is 6.58 Å². The first-order chi connectivity index (χ1) is 12.1. The Morgan fingerprint density at radius 3 is 2.60 bits per heavy atom. The molecule has 1 aliphatic heterocycles. The Kier molecular flexibility index (Phi) is 4.81. The van der Waals surface area contributed by atoms with Crippen molar-refractivity contribution in [1.82, 2.24) is 15.2 Å². The number of aromatic nitrogens is 1. The molecule has 124 valence electrons. The number of carbonyl (C=O) groups is 2. The van der Waals surface area contributed by atoms with E-state index in [2.05, 4.69) is 16.9 Å². The van der Waals surface area contributed by atoms with Crippen LogP contribution in [0, 0.1) is 0 Å². The second kappa shape index (κ2) is 7.19. The van der Waals surface area contributed by atoms with Gasteiger partial charge in [-0.2, -0.15) is 0 Å². The van der Waals surface area contributed by atoms with Crippen LogP contribution in [-0.2, 0) is 9.59 Å². The Morgan fingerprint density at radius 1 is 1.16 bits per heavy atom. The summed E-state index contributed by atoms with van der Waals surface area (Å²) in [7, 11) is 0. The number of benzene rings is 1. The lowest BCUT2D eigenvalue weighted by molar-refractivity contribution is -0.128. The standard InChI is InChI=1S/C19H15N3O2S/c1-2-11-22-18(24)16(17(23)21-19(22)25)12-14-5-3-4-6-15(14)13-7-9-20-10-8-13/h2-10,12H,1,11H2,(H,21,23,25)/b16-12+. The number of rotatable bonds is 4. The molecule has 1 aromatic carbocycles. The summed E-state index contributed by atoms with van der Waals surface area (Å²) in [4.78, 5) is 30.2. The molecule has 3 rings (SSSR count). The lowest BCUT2D eigenvalue weighted by Crippen LogP contribution is -2.53. The van der Waals surface area contributed by atoms with Gasteiger partial charge in [-0.05, 0) is 47.1 Å². The molecule has 0 unspecified atom stereocenters. The van der Waals surface area contributed by atoms with Crippen LogP contribution < -0.4 is 5.32 Å². The van der Waals surface area contributed by atoms with Gasteiger partial charge < -0.3 is 0 Å². The lowest BCUT2D eigenvalue weighted by Gasteiger charge is -2.27. The summed E-state index contributed by atoms with van der Waals surface area (Å²) in [5, 5.41) is 2.64. The van der Waals surface area contributed by atoms with E-state index in [1.54, 1.807) is 24.5 Å². The van der Waals surface area contributed by atoms with Crippen molar-refractivity contribution in [3.8, 4) is 11.1 Å². The summed E-state index contributed by atoms with van der Waals surface area (Å²) in [6, 6.07) is 11.3. The first-order valence-electron chi connectivity index (χ1n) is 7.61. The van der Waals surface area contributed by atoms with Crippen molar-refractivity contribution >= 4 is 35.2 Å². The smallest absolute Gasteiger partial charge is 0.265 e. The topological polar surface area (TPSA) is 62.3 Å². The maximum Gasteiger partial charge on any atom is 0.265 e. The van der Waals surface area contributed by atoms with Crippen LogP contribution in [0.15, 0.2) is 67.0 Å². The van der Waals surface area contributed by atoms with Crippen LogP contribution in [0.2, 0.25) is 0 Å². The Bertz CT molecular complexity index is 891. The SMILES string of the molecule is C=CCN1C(=O)/C(=C/c2ccccc2-c2ccncc2)C(=O)NC1=S. The Morgan fingerprint density at radius 2 is 1.88 bits per heavy atom. The predicted molar refractivity (Wildman–Crippen MR) is 100 cm³/mol. The summed E-state index contributed by atoms with van der Waals surface area (Å²) >= 11 is 5.06. The number of hydrogen-bond acceptors (Lipinski definition) is 4. The zero-order valence-electron chi connectivity index (χ0n) is 13.3. The first kappa shape index (κ1) is 16.7. The van der Waals surface area contributed by atoms with Crippen molar-refractivity contribution in [2.75, 3.05) is 6.54 Å². The van der Waals surface area contributed by atoms with Crippen LogP contribution >= 0.6 is 12.2 Å². The normalized spacial score (nSPS) is 16.1. The Balaban J connectivity index is 2.06. The van der Waals surface area contributed by atoms with Gasteiger partial charge in [0.15, 0.2) is 5.11 Å². The van der Waals surface area contributed by atoms with Gasteiger partial charge >= 0.3 is 0 Å². The third-order valence-corrected chi connectivity index (χ3v) is 4.07. The second-order valence-electron chi connectivity index (χ2n) is 5.34. The highest BCUT2D eigenvalue weighted by atomic mass is 32.1. The number of thiocarbonyl (C=S) groups is 1. The largest absolute Gasteiger partial charge is 0.298 e. The van der Waals surface area contributed by atoms with Gasteiger partial charge in [0.2, 0.25) is 0 Å². The molecule has 1 N–H and O–H groups in total. The van der Waals surface area contributed by atoms with E-state index in [9.17, 15) is 9.59 Å². The van der Waals surface area contributed by atoms with E-state index in [1.807, 2.05) is 36.4 Å². The third-order valence-electron chi connectivity index (χ3n) is 3.75. The molecule has 2 amide bonds. The molecular weight excluding hydrogens is 334 g/mol. The molecule has 1 aliphatic rings. The highest BCUT2D eigenvalue weighted by Crippen LogP contribution is 2.26. The van der Waals surface area contributed by atoms with Crippen LogP contribution in [0.4, 0.5) is 0 Å². The molecule has 6 heteroatoms. The van der Waals surface area contributed by atoms with Crippen molar-refractivity contribution in [3.63, 3.8) is 0 Å². The summed E-state index contributed by atoms with van der Waals surface area (Å²) in [6.45, 7) is 3.85. The maximum absolute atomic E-state index is 12.6. The van der Waals surface area contributed by atoms with Gasteiger partial charge in [-0.3, -0.25) is 24.8 Å². The molecule has 0 aliphatic carbocycles. The summed E-state index contributed by atoms with van der Waals surface area (Å²) in [5.41, 5.74) is 2.65. The highest BCUT2D eigenvalue weighted by Gasteiger charge is 2.32. The summed E-state index contributed by atoms with van der Waals surface area (Å²) in [6.07, 6.45) is 6.54. The van der Waals surface area contributed by atoms with Crippen LogP contribution in [0.1, 0.15) is 5.56 Å². The number of amides is 2. The quantitative estimate of drug-likeness (QED) is 0.399. The zero-order chi connectivity index (χ0) is 17.8. The average Bonchev–Trinajstić information content (AvgIpc) is 2.63. The molecule has 0 spiro atoms. The molecule has 1 aromatic heterocycles. The summed E-state index contributed by atoms with van der Waals surface area (Å²) < 4.78 is 0. The highest BCUT2D eigenvalue weighted by molar-refractivity contribution is 7.80. The van der Waals surface area contributed by atoms with E-state index in [0.717, 1.165) is 16.7 Å². The fourth-order valence-electron chi connectivity index (χ4n) is 2.56. The number of nitrogens with zero attached hydrogens (tertiary/aromatic N) is 2. The fourth-order valence-corrected chi connectivity index (χ4v) is 2.81. The fraction of sp³-hybridized carbons (Fsp3) is 0.0526. The Hall–Kier alpha value is -3.12. The number of hydrogen-bond donors (Lipinski definition) is 1. The van der Waals surface area contributed by atoms with Gasteiger partial charge in [0.1, 0.15) is 5.57 Å². The predicted octanol–water partition coefficient (Wildman–Crippen LogP) is 2.56. The molecule has 2 heterocycles. The van der Waals surface area contributed by atoms with Crippen LogP contribution in [0.5, 0.6) is 0 Å². The number of nitrogens with one attached hydrogen (secondary N) is 1. The van der Waals surface area contributed by atoms with Crippen molar-refractivity contribution in [1.29, 1.82) is 0 Å². The van der Waals surface area contributed by atoms with Crippen LogP contribution in [0.3, 0.4) is 0 Å².